The Balaban J connectivity index is 2.18. The number of alkyl halides is 1. The van der Waals surface area contributed by atoms with Crippen molar-refractivity contribution in [1.29, 1.82) is 0 Å². The molecule has 0 saturated carbocycles. The van der Waals surface area contributed by atoms with Crippen LogP contribution >= 0.6 is 23.8 Å². The Morgan fingerprint density at radius 3 is 2.52 bits per heavy atom. The summed E-state index contributed by atoms with van der Waals surface area (Å²) in [4.78, 5) is 1.92. The lowest BCUT2D eigenvalue weighted by atomic mass is 10.1. The highest BCUT2D eigenvalue weighted by molar-refractivity contribution is 7.80. The first-order chi connectivity index (χ1) is 11.0. The Bertz CT molecular complexity index is 614. The SMILES string of the molecule is COc1cccc(OC)c1CCN1C=CC=CC1(Cl)NC(N)=S. The fourth-order valence-corrected chi connectivity index (χ4v) is 3.00. The molecule has 0 aliphatic carbocycles. The summed E-state index contributed by atoms with van der Waals surface area (Å²) in [6, 6.07) is 5.71. The van der Waals surface area contributed by atoms with Crippen molar-refractivity contribution in [1.82, 2.24) is 10.2 Å². The van der Waals surface area contributed by atoms with Crippen LogP contribution in [0.3, 0.4) is 0 Å². The van der Waals surface area contributed by atoms with Crippen LogP contribution in [0.25, 0.3) is 0 Å². The minimum atomic E-state index is -0.976. The number of rotatable bonds is 6. The zero-order valence-corrected chi connectivity index (χ0v) is 14.7. The Hall–Kier alpha value is -1.92. The summed E-state index contributed by atoms with van der Waals surface area (Å²) in [5.74, 6) is 1.56. The molecule has 7 heteroatoms. The van der Waals surface area contributed by atoms with Gasteiger partial charge in [-0.3, -0.25) is 0 Å². The maximum absolute atomic E-state index is 6.60. The number of thiocarbonyl (C=S) groups is 1. The maximum Gasteiger partial charge on any atom is 0.210 e. The molecule has 1 heterocycles. The van der Waals surface area contributed by atoms with E-state index in [0.717, 1.165) is 17.1 Å². The van der Waals surface area contributed by atoms with E-state index in [-0.39, 0.29) is 5.11 Å². The van der Waals surface area contributed by atoms with Crippen LogP contribution in [0.4, 0.5) is 0 Å². The number of allylic oxidation sites excluding steroid dienone is 2. The highest BCUT2D eigenvalue weighted by Gasteiger charge is 2.31. The molecule has 0 amide bonds. The molecule has 0 aromatic heterocycles. The van der Waals surface area contributed by atoms with Gasteiger partial charge in [0.05, 0.1) is 14.2 Å². The molecule has 2 rings (SSSR count). The van der Waals surface area contributed by atoms with Crippen molar-refractivity contribution in [3.8, 4) is 11.5 Å². The van der Waals surface area contributed by atoms with Crippen molar-refractivity contribution < 1.29 is 9.47 Å². The Labute approximate surface area is 146 Å². The third kappa shape index (κ3) is 4.09. The number of hydrogen-bond acceptors (Lipinski definition) is 4. The topological polar surface area (TPSA) is 59.8 Å². The van der Waals surface area contributed by atoms with Crippen molar-refractivity contribution in [3.63, 3.8) is 0 Å². The number of nitrogens with two attached hydrogens (primary N) is 1. The van der Waals surface area contributed by atoms with Crippen LogP contribution in [-0.2, 0) is 6.42 Å². The second-order valence-corrected chi connectivity index (χ2v) is 5.96. The number of hydrogen-bond donors (Lipinski definition) is 2. The lowest BCUT2D eigenvalue weighted by molar-refractivity contribution is 0.261. The smallest absolute Gasteiger partial charge is 0.210 e. The predicted octanol–water partition coefficient (Wildman–Crippen LogP) is 2.36. The van der Waals surface area contributed by atoms with Gasteiger partial charge < -0.3 is 25.4 Å². The monoisotopic (exact) mass is 353 g/mol. The van der Waals surface area contributed by atoms with Crippen LogP contribution in [0.1, 0.15) is 5.56 Å². The van der Waals surface area contributed by atoms with Crippen molar-refractivity contribution in [2.24, 2.45) is 5.73 Å². The molecule has 0 spiro atoms. The summed E-state index contributed by atoms with van der Waals surface area (Å²) in [6.07, 6.45) is 8.12. The molecule has 1 aromatic carbocycles. The van der Waals surface area contributed by atoms with E-state index in [9.17, 15) is 0 Å². The lowest BCUT2D eigenvalue weighted by Crippen LogP contribution is -2.56. The molecule has 1 aliphatic rings. The average molecular weight is 354 g/mol. The van der Waals surface area contributed by atoms with Crippen molar-refractivity contribution in [2.75, 3.05) is 20.8 Å². The molecule has 23 heavy (non-hydrogen) atoms. The van der Waals surface area contributed by atoms with E-state index in [4.69, 9.17) is 39.0 Å². The normalized spacial score (nSPS) is 19.5. The van der Waals surface area contributed by atoms with Crippen LogP contribution in [0, 0.1) is 0 Å². The molecule has 3 N–H and O–H groups in total. The van der Waals surface area contributed by atoms with Gasteiger partial charge in [-0.25, -0.2) is 0 Å². The van der Waals surface area contributed by atoms with Gasteiger partial charge in [-0.15, -0.1) is 0 Å². The fourth-order valence-electron chi connectivity index (χ4n) is 2.47. The number of nitrogens with one attached hydrogen (secondary N) is 1. The zero-order valence-electron chi connectivity index (χ0n) is 13.1. The molecule has 1 aliphatic heterocycles. The largest absolute Gasteiger partial charge is 0.496 e. The van der Waals surface area contributed by atoms with E-state index in [0.29, 0.717) is 13.0 Å². The maximum atomic E-state index is 6.60. The van der Waals surface area contributed by atoms with Crippen LogP contribution in [0.15, 0.2) is 42.6 Å². The number of nitrogens with zero attached hydrogens (tertiary/aromatic N) is 1. The van der Waals surface area contributed by atoms with Gasteiger partial charge in [0.1, 0.15) is 11.5 Å². The first kappa shape index (κ1) is 17.4. The highest BCUT2D eigenvalue weighted by atomic mass is 35.5. The first-order valence-electron chi connectivity index (χ1n) is 7.09. The second kappa shape index (κ2) is 7.57. The molecule has 0 radical (unpaired) electrons. The fraction of sp³-hybridized carbons (Fsp3) is 0.312. The zero-order chi connectivity index (χ0) is 16.9. The van der Waals surface area contributed by atoms with Gasteiger partial charge in [-0.1, -0.05) is 23.7 Å². The Kier molecular flexibility index (Phi) is 5.74. The van der Waals surface area contributed by atoms with Gasteiger partial charge in [-0.2, -0.15) is 0 Å². The van der Waals surface area contributed by atoms with Gasteiger partial charge in [0.25, 0.3) is 0 Å². The standard InChI is InChI=1S/C16H20ClN3O2S/c1-21-13-6-5-7-14(22-2)12(13)8-11-20-10-4-3-9-16(20,17)19-15(18)23/h3-7,9-10H,8,11H2,1-2H3,(H3,18,19,23). The summed E-state index contributed by atoms with van der Waals surface area (Å²) in [5, 5.41) is 2.06. The third-order valence-corrected chi connectivity index (χ3v) is 4.08. The molecular weight excluding hydrogens is 334 g/mol. The number of benzene rings is 1. The Morgan fingerprint density at radius 1 is 1.30 bits per heavy atom. The van der Waals surface area contributed by atoms with Gasteiger partial charge in [0, 0.05) is 18.3 Å². The molecule has 5 nitrogen and oxygen atoms in total. The van der Waals surface area contributed by atoms with Gasteiger partial charge in [0.15, 0.2) is 5.11 Å². The van der Waals surface area contributed by atoms with Crippen LogP contribution < -0.4 is 20.5 Å². The second-order valence-electron chi connectivity index (χ2n) is 4.95. The minimum Gasteiger partial charge on any atom is -0.496 e. The summed E-state index contributed by atoms with van der Waals surface area (Å²) in [5.41, 5.74) is 6.56. The van der Waals surface area contributed by atoms with Crippen molar-refractivity contribution in [3.05, 3.63) is 48.2 Å². The molecular formula is C16H20ClN3O2S. The summed E-state index contributed by atoms with van der Waals surface area (Å²) < 4.78 is 10.8. The van der Waals surface area contributed by atoms with Crippen molar-refractivity contribution in [2.45, 2.75) is 11.5 Å². The number of methoxy groups -OCH3 is 2. The average Bonchev–Trinajstić information content (AvgIpc) is 2.52. The number of ether oxygens (including phenoxy) is 2. The van der Waals surface area contributed by atoms with E-state index in [1.54, 1.807) is 20.3 Å². The molecule has 1 unspecified atom stereocenters. The molecule has 1 aromatic rings. The molecule has 124 valence electrons. The van der Waals surface area contributed by atoms with Crippen LogP contribution in [0.5, 0.6) is 11.5 Å². The lowest BCUT2D eigenvalue weighted by Gasteiger charge is -2.38. The predicted molar refractivity (Wildman–Crippen MR) is 96.7 cm³/mol. The quantitative estimate of drug-likeness (QED) is 0.465. The van der Waals surface area contributed by atoms with E-state index in [1.165, 1.54) is 0 Å². The van der Waals surface area contributed by atoms with Crippen molar-refractivity contribution >= 4 is 28.9 Å². The van der Waals surface area contributed by atoms with Gasteiger partial charge in [0.2, 0.25) is 5.12 Å². The summed E-state index contributed by atoms with van der Waals surface area (Å²) >= 11 is 11.5. The third-order valence-electron chi connectivity index (χ3n) is 3.54. The molecule has 0 saturated heterocycles. The van der Waals surface area contributed by atoms with Crippen LogP contribution in [-0.4, -0.2) is 35.9 Å². The first-order valence-corrected chi connectivity index (χ1v) is 7.88. The van der Waals surface area contributed by atoms with E-state index in [2.05, 4.69) is 5.32 Å². The Morgan fingerprint density at radius 2 is 1.96 bits per heavy atom. The van der Waals surface area contributed by atoms with E-state index >= 15 is 0 Å². The number of halogens is 1. The highest BCUT2D eigenvalue weighted by Crippen LogP contribution is 2.30. The van der Waals surface area contributed by atoms with E-state index in [1.807, 2.05) is 41.5 Å². The summed E-state index contributed by atoms with van der Waals surface area (Å²) in [7, 11) is 3.28. The molecule has 0 fully saturated rings. The van der Waals surface area contributed by atoms with Gasteiger partial charge >= 0.3 is 0 Å². The molecule has 0 bridgehead atoms. The summed E-state index contributed by atoms with van der Waals surface area (Å²) in [6.45, 7) is 0.622. The minimum absolute atomic E-state index is 0.139. The molecule has 1 atom stereocenters. The van der Waals surface area contributed by atoms with Crippen LogP contribution in [0.2, 0.25) is 0 Å². The van der Waals surface area contributed by atoms with Gasteiger partial charge in [-0.05, 0) is 42.9 Å². The van der Waals surface area contributed by atoms with E-state index < -0.39 is 5.12 Å².